The van der Waals surface area contributed by atoms with E-state index >= 15 is 0 Å². The Labute approximate surface area is 81.5 Å². The zero-order valence-electron chi connectivity index (χ0n) is 7.83. The summed E-state index contributed by atoms with van der Waals surface area (Å²) < 4.78 is 12.9. The lowest BCUT2D eigenvalue weighted by atomic mass is 10.1. The third-order valence-corrected chi connectivity index (χ3v) is 2.35. The number of carbonyl (C=O) groups is 1. The molecule has 1 aliphatic rings. The van der Waals surface area contributed by atoms with Crippen LogP contribution in [0.3, 0.4) is 0 Å². The van der Waals surface area contributed by atoms with Crippen LogP contribution < -0.4 is 5.43 Å². The van der Waals surface area contributed by atoms with Crippen molar-refractivity contribution in [1.29, 1.82) is 0 Å². The number of rotatable bonds is 1. The molecule has 1 unspecified atom stereocenters. The molecule has 0 aliphatic carbocycles. The van der Waals surface area contributed by atoms with Gasteiger partial charge >= 0.3 is 0 Å². The second-order valence-corrected chi connectivity index (χ2v) is 3.39. The van der Waals surface area contributed by atoms with E-state index in [1.54, 1.807) is 13.1 Å². The molecule has 2 rings (SSSR count). The molecule has 1 heterocycles. The van der Waals surface area contributed by atoms with Crippen molar-refractivity contribution in [2.75, 3.05) is 7.05 Å². The molecule has 14 heavy (non-hydrogen) atoms. The maximum atomic E-state index is 12.9. The van der Waals surface area contributed by atoms with E-state index in [0.717, 1.165) is 5.56 Å². The molecule has 1 amide bonds. The van der Waals surface area contributed by atoms with Crippen molar-refractivity contribution in [2.45, 2.75) is 12.5 Å². The van der Waals surface area contributed by atoms with Crippen molar-refractivity contribution in [2.24, 2.45) is 0 Å². The van der Waals surface area contributed by atoms with Gasteiger partial charge in [0.25, 0.3) is 0 Å². The number of halogens is 1. The predicted molar refractivity (Wildman–Crippen MR) is 49.7 cm³/mol. The first-order chi connectivity index (χ1) is 6.66. The van der Waals surface area contributed by atoms with Crippen LogP contribution in [0.25, 0.3) is 0 Å². The van der Waals surface area contributed by atoms with E-state index in [-0.39, 0.29) is 17.8 Å². The van der Waals surface area contributed by atoms with Crippen LogP contribution in [0.15, 0.2) is 24.3 Å². The number of amides is 1. The smallest absolute Gasteiger partial charge is 0.238 e. The fraction of sp³-hybridized carbons (Fsp3) is 0.300. The standard InChI is InChI=1S/C10H11FN2O/c1-13-10(14)6-9(12-13)7-3-2-4-8(11)5-7/h2-5,9,12H,6H2,1H3. The molecule has 0 aromatic heterocycles. The van der Waals surface area contributed by atoms with Gasteiger partial charge in [0, 0.05) is 13.5 Å². The number of hydrazine groups is 1. The molecule has 0 radical (unpaired) electrons. The molecule has 1 N–H and O–H groups in total. The van der Waals surface area contributed by atoms with Crippen LogP contribution in [-0.4, -0.2) is 18.0 Å². The molecule has 3 nitrogen and oxygen atoms in total. The quantitative estimate of drug-likeness (QED) is 0.729. The summed E-state index contributed by atoms with van der Waals surface area (Å²) >= 11 is 0. The van der Waals surface area contributed by atoms with E-state index in [4.69, 9.17) is 0 Å². The largest absolute Gasteiger partial charge is 0.281 e. The first kappa shape index (κ1) is 9.15. The molecular weight excluding hydrogens is 183 g/mol. The van der Waals surface area contributed by atoms with Gasteiger partial charge < -0.3 is 0 Å². The molecule has 1 saturated heterocycles. The van der Waals surface area contributed by atoms with Crippen LogP contribution >= 0.6 is 0 Å². The van der Waals surface area contributed by atoms with E-state index in [2.05, 4.69) is 5.43 Å². The molecule has 1 fully saturated rings. The third-order valence-electron chi connectivity index (χ3n) is 2.35. The molecule has 0 saturated carbocycles. The lowest BCUT2D eigenvalue weighted by Crippen LogP contribution is -2.30. The highest BCUT2D eigenvalue weighted by molar-refractivity contribution is 5.78. The van der Waals surface area contributed by atoms with Crippen molar-refractivity contribution < 1.29 is 9.18 Å². The highest BCUT2D eigenvalue weighted by Crippen LogP contribution is 2.22. The van der Waals surface area contributed by atoms with Crippen LogP contribution in [0.5, 0.6) is 0 Å². The minimum atomic E-state index is -0.272. The molecule has 74 valence electrons. The summed E-state index contributed by atoms with van der Waals surface area (Å²) in [6.07, 6.45) is 0.389. The SMILES string of the molecule is CN1NC(c2cccc(F)c2)CC1=O. The molecule has 1 aromatic rings. The summed E-state index contributed by atoms with van der Waals surface area (Å²) in [7, 11) is 1.67. The molecule has 1 aromatic carbocycles. The maximum absolute atomic E-state index is 12.9. The topological polar surface area (TPSA) is 32.3 Å². The highest BCUT2D eigenvalue weighted by atomic mass is 19.1. The van der Waals surface area contributed by atoms with Gasteiger partial charge in [-0.2, -0.15) is 0 Å². The Balaban J connectivity index is 2.21. The van der Waals surface area contributed by atoms with Crippen molar-refractivity contribution >= 4 is 5.91 Å². The summed E-state index contributed by atoms with van der Waals surface area (Å²) in [5.41, 5.74) is 3.77. The summed E-state index contributed by atoms with van der Waals surface area (Å²) in [5.74, 6) is -0.245. The minimum Gasteiger partial charge on any atom is -0.281 e. The first-order valence-electron chi connectivity index (χ1n) is 4.45. The van der Waals surface area contributed by atoms with Crippen molar-refractivity contribution in [3.05, 3.63) is 35.6 Å². The van der Waals surface area contributed by atoms with E-state index in [1.807, 2.05) is 6.07 Å². The second-order valence-electron chi connectivity index (χ2n) is 3.39. The summed E-state index contributed by atoms with van der Waals surface area (Å²) in [6, 6.07) is 6.21. The minimum absolute atomic E-state index is 0.0271. The second kappa shape index (κ2) is 3.38. The Hall–Kier alpha value is -1.42. The van der Waals surface area contributed by atoms with Gasteiger partial charge in [-0.05, 0) is 17.7 Å². The number of benzene rings is 1. The fourth-order valence-electron chi connectivity index (χ4n) is 1.58. The van der Waals surface area contributed by atoms with Gasteiger partial charge in [-0.15, -0.1) is 0 Å². The fourth-order valence-corrected chi connectivity index (χ4v) is 1.58. The number of nitrogens with zero attached hydrogens (tertiary/aromatic N) is 1. The average molecular weight is 194 g/mol. The Kier molecular flexibility index (Phi) is 2.21. The van der Waals surface area contributed by atoms with Gasteiger partial charge in [0.1, 0.15) is 5.82 Å². The Morgan fingerprint density at radius 3 is 2.93 bits per heavy atom. The lowest BCUT2D eigenvalue weighted by Gasteiger charge is -2.12. The highest BCUT2D eigenvalue weighted by Gasteiger charge is 2.27. The van der Waals surface area contributed by atoms with Crippen molar-refractivity contribution in [1.82, 2.24) is 10.4 Å². The molecular formula is C10H11FN2O. The van der Waals surface area contributed by atoms with E-state index in [0.29, 0.717) is 6.42 Å². The summed E-state index contributed by atoms with van der Waals surface area (Å²) in [6.45, 7) is 0. The van der Waals surface area contributed by atoms with Crippen LogP contribution in [0.2, 0.25) is 0 Å². The first-order valence-corrected chi connectivity index (χ1v) is 4.45. The maximum Gasteiger partial charge on any atom is 0.238 e. The number of nitrogens with one attached hydrogen (secondary N) is 1. The van der Waals surface area contributed by atoms with Crippen LogP contribution in [-0.2, 0) is 4.79 Å². The monoisotopic (exact) mass is 194 g/mol. The average Bonchev–Trinajstić information content (AvgIpc) is 2.47. The van der Waals surface area contributed by atoms with Crippen LogP contribution in [0, 0.1) is 5.82 Å². The van der Waals surface area contributed by atoms with Gasteiger partial charge in [0.2, 0.25) is 5.91 Å². The van der Waals surface area contributed by atoms with Gasteiger partial charge in [-0.3, -0.25) is 9.80 Å². The molecule has 4 heteroatoms. The molecule has 1 aliphatic heterocycles. The van der Waals surface area contributed by atoms with Crippen LogP contribution in [0.4, 0.5) is 4.39 Å². The Morgan fingerprint density at radius 2 is 2.36 bits per heavy atom. The van der Waals surface area contributed by atoms with E-state index in [1.165, 1.54) is 17.1 Å². The van der Waals surface area contributed by atoms with Crippen LogP contribution in [0.1, 0.15) is 18.0 Å². The Bertz CT molecular complexity index is 367. The van der Waals surface area contributed by atoms with Gasteiger partial charge in [-0.25, -0.2) is 9.82 Å². The predicted octanol–water partition coefficient (Wildman–Crippen LogP) is 1.23. The molecule has 0 spiro atoms. The van der Waals surface area contributed by atoms with Crippen molar-refractivity contribution in [3.63, 3.8) is 0 Å². The lowest BCUT2D eigenvalue weighted by molar-refractivity contribution is -0.128. The van der Waals surface area contributed by atoms with Gasteiger partial charge in [-0.1, -0.05) is 12.1 Å². The zero-order chi connectivity index (χ0) is 10.1. The molecule has 0 bridgehead atoms. The third kappa shape index (κ3) is 1.61. The van der Waals surface area contributed by atoms with Gasteiger partial charge in [0.05, 0.1) is 6.04 Å². The summed E-state index contributed by atoms with van der Waals surface area (Å²) in [4.78, 5) is 11.2. The number of hydrogen-bond acceptors (Lipinski definition) is 2. The van der Waals surface area contributed by atoms with Crippen molar-refractivity contribution in [3.8, 4) is 0 Å². The van der Waals surface area contributed by atoms with Gasteiger partial charge in [0.15, 0.2) is 0 Å². The molecule has 1 atom stereocenters. The summed E-state index contributed by atoms with van der Waals surface area (Å²) in [5, 5.41) is 1.44. The Morgan fingerprint density at radius 1 is 1.57 bits per heavy atom. The number of hydrogen-bond donors (Lipinski definition) is 1. The van der Waals surface area contributed by atoms with E-state index in [9.17, 15) is 9.18 Å². The zero-order valence-corrected chi connectivity index (χ0v) is 7.83. The normalized spacial score (nSPS) is 21.7. The van der Waals surface area contributed by atoms with E-state index < -0.39 is 0 Å². The number of carbonyl (C=O) groups excluding carboxylic acids is 1.